The van der Waals surface area contributed by atoms with E-state index in [4.69, 9.17) is 0 Å². The summed E-state index contributed by atoms with van der Waals surface area (Å²) in [5.74, 6) is 1.14. The fraction of sp³-hybridized carbons (Fsp3) is 0.217. The Hall–Kier alpha value is -3.58. The van der Waals surface area contributed by atoms with E-state index in [1.54, 1.807) is 6.20 Å². The third-order valence-electron chi connectivity index (χ3n) is 5.40. The van der Waals surface area contributed by atoms with Gasteiger partial charge in [-0.25, -0.2) is 9.97 Å². The van der Waals surface area contributed by atoms with Crippen LogP contribution in [0.25, 0.3) is 22.4 Å². The van der Waals surface area contributed by atoms with Crippen molar-refractivity contribution in [2.45, 2.75) is 6.54 Å². The molecule has 7 heteroatoms. The van der Waals surface area contributed by atoms with E-state index in [-0.39, 0.29) is 5.56 Å². The molecule has 2 aromatic heterocycles. The summed E-state index contributed by atoms with van der Waals surface area (Å²) in [6, 6.07) is 20.1. The largest absolute Gasteiger partial charge is 0.338 e. The van der Waals surface area contributed by atoms with Gasteiger partial charge in [0.1, 0.15) is 11.2 Å². The third-order valence-corrected chi connectivity index (χ3v) is 5.40. The first-order chi connectivity index (χ1) is 14.8. The number of piperazine rings is 1. The van der Waals surface area contributed by atoms with Crippen molar-refractivity contribution in [2.24, 2.45) is 0 Å². The Morgan fingerprint density at radius 1 is 0.867 bits per heavy atom. The summed E-state index contributed by atoms with van der Waals surface area (Å²) in [4.78, 5) is 33.5. The monoisotopic (exact) mass is 398 g/mol. The molecule has 1 N–H and O–H groups in total. The Kier molecular flexibility index (Phi) is 4.94. The molecule has 0 bridgehead atoms. The smallest absolute Gasteiger partial charge is 0.262 e. The van der Waals surface area contributed by atoms with Crippen molar-refractivity contribution in [3.05, 3.63) is 82.8 Å². The maximum atomic E-state index is 12.5. The minimum absolute atomic E-state index is 0.224. The van der Waals surface area contributed by atoms with Gasteiger partial charge in [-0.2, -0.15) is 4.98 Å². The summed E-state index contributed by atoms with van der Waals surface area (Å²) in [7, 11) is 0. The second kappa shape index (κ2) is 8.04. The molecule has 0 unspecified atom stereocenters. The topological polar surface area (TPSA) is 78.0 Å². The molecule has 3 heterocycles. The zero-order valence-corrected chi connectivity index (χ0v) is 16.5. The number of nitrogens with one attached hydrogen (secondary N) is 1. The maximum absolute atomic E-state index is 12.5. The minimum Gasteiger partial charge on any atom is -0.338 e. The first-order valence-corrected chi connectivity index (χ1v) is 10.1. The second-order valence-corrected chi connectivity index (χ2v) is 7.44. The van der Waals surface area contributed by atoms with Crippen LogP contribution < -0.4 is 10.5 Å². The summed E-state index contributed by atoms with van der Waals surface area (Å²) >= 11 is 0. The van der Waals surface area contributed by atoms with Gasteiger partial charge >= 0.3 is 0 Å². The number of aromatic nitrogens is 4. The number of aromatic amines is 1. The summed E-state index contributed by atoms with van der Waals surface area (Å²) in [5.41, 5.74) is 2.38. The second-order valence-electron chi connectivity index (χ2n) is 7.44. The highest BCUT2D eigenvalue weighted by Gasteiger charge is 2.20. The number of hydrogen-bond acceptors (Lipinski definition) is 6. The predicted octanol–water partition coefficient (Wildman–Crippen LogP) is 2.70. The van der Waals surface area contributed by atoms with Crippen molar-refractivity contribution < 1.29 is 0 Å². The van der Waals surface area contributed by atoms with Crippen LogP contribution in [-0.4, -0.2) is 51.0 Å². The van der Waals surface area contributed by atoms with Crippen LogP contribution in [0.2, 0.25) is 0 Å². The van der Waals surface area contributed by atoms with Gasteiger partial charge in [-0.1, -0.05) is 60.7 Å². The molecule has 1 saturated heterocycles. The zero-order valence-electron chi connectivity index (χ0n) is 16.5. The Bertz CT molecular complexity index is 1200. The van der Waals surface area contributed by atoms with Crippen molar-refractivity contribution in [2.75, 3.05) is 31.1 Å². The van der Waals surface area contributed by atoms with Crippen molar-refractivity contribution in [1.82, 2.24) is 24.8 Å². The molecule has 4 aromatic rings. The third kappa shape index (κ3) is 3.79. The van der Waals surface area contributed by atoms with E-state index in [9.17, 15) is 4.79 Å². The van der Waals surface area contributed by atoms with Crippen LogP contribution in [-0.2, 0) is 6.54 Å². The molecule has 30 heavy (non-hydrogen) atoms. The van der Waals surface area contributed by atoms with Gasteiger partial charge in [0, 0.05) is 44.5 Å². The zero-order chi connectivity index (χ0) is 20.3. The highest BCUT2D eigenvalue weighted by Crippen LogP contribution is 2.18. The molecule has 7 nitrogen and oxygen atoms in total. The molecule has 0 amide bonds. The lowest BCUT2D eigenvalue weighted by molar-refractivity contribution is 0.249. The van der Waals surface area contributed by atoms with Crippen LogP contribution in [0.4, 0.5) is 5.95 Å². The first kappa shape index (κ1) is 18.4. The summed E-state index contributed by atoms with van der Waals surface area (Å²) in [5, 5.41) is 0.404. The van der Waals surface area contributed by atoms with Gasteiger partial charge in [0.15, 0.2) is 5.65 Å². The van der Waals surface area contributed by atoms with E-state index in [1.165, 1.54) is 5.56 Å². The van der Waals surface area contributed by atoms with Crippen LogP contribution in [0.5, 0.6) is 0 Å². The first-order valence-electron chi connectivity index (χ1n) is 10.1. The molecule has 150 valence electrons. The lowest BCUT2D eigenvalue weighted by atomic mass is 10.2. The Balaban J connectivity index is 1.36. The summed E-state index contributed by atoms with van der Waals surface area (Å²) < 4.78 is 0. The van der Waals surface area contributed by atoms with Gasteiger partial charge in [0.25, 0.3) is 5.56 Å². The molecular formula is C23H22N6O. The van der Waals surface area contributed by atoms with Crippen molar-refractivity contribution in [3.8, 4) is 11.4 Å². The lowest BCUT2D eigenvalue weighted by Gasteiger charge is -2.34. The molecule has 0 aliphatic carbocycles. The molecule has 1 aliphatic rings. The number of anilines is 1. The number of rotatable bonds is 4. The van der Waals surface area contributed by atoms with E-state index >= 15 is 0 Å². The molecule has 2 aromatic carbocycles. The van der Waals surface area contributed by atoms with Crippen molar-refractivity contribution in [3.63, 3.8) is 0 Å². The highest BCUT2D eigenvalue weighted by atomic mass is 16.1. The maximum Gasteiger partial charge on any atom is 0.262 e. The van der Waals surface area contributed by atoms with Crippen LogP contribution in [0, 0.1) is 0 Å². The predicted molar refractivity (Wildman–Crippen MR) is 117 cm³/mol. The average Bonchev–Trinajstić information content (AvgIpc) is 2.80. The number of nitrogens with zero attached hydrogens (tertiary/aromatic N) is 5. The van der Waals surface area contributed by atoms with Gasteiger partial charge in [0.05, 0.1) is 0 Å². The fourth-order valence-electron chi connectivity index (χ4n) is 3.75. The quantitative estimate of drug-likeness (QED) is 0.570. The van der Waals surface area contributed by atoms with Crippen LogP contribution in [0.3, 0.4) is 0 Å². The minimum atomic E-state index is -0.224. The number of H-pyrrole nitrogens is 1. The number of benzene rings is 2. The normalized spacial score (nSPS) is 14.9. The SMILES string of the molecule is O=c1[nH]c(-c2ccccc2)nc2nc(N3CCN(Cc4ccccc4)CC3)ncc12. The molecule has 0 atom stereocenters. The summed E-state index contributed by atoms with van der Waals surface area (Å²) in [6.45, 7) is 4.51. The van der Waals surface area contributed by atoms with Crippen LogP contribution in [0.1, 0.15) is 5.56 Å². The average molecular weight is 398 g/mol. The Labute approximate surface area is 174 Å². The van der Waals surface area contributed by atoms with Gasteiger partial charge < -0.3 is 9.88 Å². The van der Waals surface area contributed by atoms with E-state index < -0.39 is 0 Å². The number of fused-ring (bicyclic) bond motifs is 1. The Morgan fingerprint density at radius 3 is 2.30 bits per heavy atom. The molecule has 0 spiro atoms. The van der Waals surface area contributed by atoms with E-state index in [1.807, 2.05) is 36.4 Å². The molecule has 1 fully saturated rings. The standard InChI is InChI=1S/C23H22N6O/c30-22-19-15-24-23(27-21(19)25-20(26-22)18-9-5-2-6-10-18)29-13-11-28(12-14-29)16-17-7-3-1-4-8-17/h1-10,15H,11-14,16H2,(H,24,25,26,27,30). The lowest BCUT2D eigenvalue weighted by Crippen LogP contribution is -2.46. The molecule has 5 rings (SSSR count). The van der Waals surface area contributed by atoms with Crippen LogP contribution >= 0.6 is 0 Å². The molecular weight excluding hydrogens is 376 g/mol. The van der Waals surface area contributed by atoms with Crippen molar-refractivity contribution in [1.29, 1.82) is 0 Å². The number of hydrogen-bond donors (Lipinski definition) is 1. The molecule has 0 radical (unpaired) electrons. The highest BCUT2D eigenvalue weighted by molar-refractivity contribution is 5.76. The molecule has 1 aliphatic heterocycles. The van der Waals surface area contributed by atoms with Gasteiger partial charge in [-0.05, 0) is 5.56 Å². The van der Waals surface area contributed by atoms with Crippen molar-refractivity contribution >= 4 is 17.0 Å². The van der Waals surface area contributed by atoms with Gasteiger partial charge in [-0.3, -0.25) is 9.69 Å². The molecule has 0 saturated carbocycles. The Morgan fingerprint density at radius 2 is 1.57 bits per heavy atom. The van der Waals surface area contributed by atoms with E-state index in [0.717, 1.165) is 38.3 Å². The van der Waals surface area contributed by atoms with E-state index in [0.29, 0.717) is 22.8 Å². The summed E-state index contributed by atoms with van der Waals surface area (Å²) in [6.07, 6.45) is 1.58. The van der Waals surface area contributed by atoms with Gasteiger partial charge in [-0.15, -0.1) is 0 Å². The fourth-order valence-corrected chi connectivity index (χ4v) is 3.75. The van der Waals surface area contributed by atoms with E-state index in [2.05, 4.69) is 54.0 Å². The van der Waals surface area contributed by atoms with Crippen LogP contribution in [0.15, 0.2) is 71.7 Å². The van der Waals surface area contributed by atoms with Gasteiger partial charge in [0.2, 0.25) is 5.95 Å².